The molecule has 1 aromatic carbocycles. The van der Waals surface area contributed by atoms with Crippen molar-refractivity contribution in [1.29, 1.82) is 0 Å². The Labute approximate surface area is 101 Å². The lowest BCUT2D eigenvalue weighted by Crippen LogP contribution is -2.24. The Kier molecular flexibility index (Phi) is 3.55. The third-order valence-corrected chi connectivity index (χ3v) is 3.95. The van der Waals surface area contributed by atoms with Crippen molar-refractivity contribution >= 4 is 23.2 Å². The van der Waals surface area contributed by atoms with Crippen LogP contribution in [0.15, 0.2) is 24.3 Å². The maximum atomic E-state index is 6.06. The molecule has 0 aromatic heterocycles. The smallest absolute Gasteiger partial charge is 0.0450 e. The van der Waals surface area contributed by atoms with Gasteiger partial charge in [-0.05, 0) is 29.9 Å². The van der Waals surface area contributed by atoms with E-state index < -0.39 is 0 Å². The van der Waals surface area contributed by atoms with Crippen LogP contribution in [0.3, 0.4) is 0 Å². The third-order valence-electron chi connectivity index (χ3n) is 3.01. The molecule has 2 rings (SSSR count). The molecule has 0 unspecified atom stereocenters. The number of hydrogen-bond acceptors (Lipinski definition) is 1. The molecule has 1 N–H and O–H groups in total. The summed E-state index contributed by atoms with van der Waals surface area (Å²) in [5, 5.41) is 4.26. The van der Waals surface area contributed by atoms with Gasteiger partial charge in [-0.3, -0.25) is 0 Å². The lowest BCUT2D eigenvalue weighted by atomic mass is 10.1. The zero-order valence-electron chi connectivity index (χ0n) is 8.60. The average molecular weight is 244 g/mol. The third kappa shape index (κ3) is 2.87. The van der Waals surface area contributed by atoms with Crippen LogP contribution in [0.4, 0.5) is 0 Å². The Morgan fingerprint density at radius 2 is 2.00 bits per heavy atom. The first-order valence-electron chi connectivity index (χ1n) is 5.26. The summed E-state index contributed by atoms with van der Waals surface area (Å²) < 4.78 is 0. The van der Waals surface area contributed by atoms with Gasteiger partial charge in [0.25, 0.3) is 0 Å². The van der Waals surface area contributed by atoms with E-state index in [-0.39, 0.29) is 0 Å². The predicted octanol–water partition coefficient (Wildman–Crippen LogP) is 3.45. The van der Waals surface area contributed by atoms with Crippen LogP contribution in [0.5, 0.6) is 0 Å². The molecule has 0 heterocycles. The van der Waals surface area contributed by atoms with E-state index in [2.05, 4.69) is 11.4 Å². The summed E-state index contributed by atoms with van der Waals surface area (Å²) >= 11 is 12.0. The molecule has 0 amide bonds. The minimum Gasteiger partial charge on any atom is -0.312 e. The topological polar surface area (TPSA) is 12.0 Å². The van der Waals surface area contributed by atoms with Gasteiger partial charge in [0.2, 0.25) is 0 Å². The van der Waals surface area contributed by atoms with Gasteiger partial charge < -0.3 is 5.32 Å². The van der Waals surface area contributed by atoms with Gasteiger partial charge >= 0.3 is 0 Å². The molecule has 1 aromatic rings. The van der Waals surface area contributed by atoms with Crippen molar-refractivity contribution in [3.8, 4) is 0 Å². The van der Waals surface area contributed by atoms with Crippen molar-refractivity contribution in [2.24, 2.45) is 5.41 Å². The first-order chi connectivity index (χ1) is 7.26. The summed E-state index contributed by atoms with van der Waals surface area (Å²) in [6, 6.07) is 7.94. The number of halogens is 2. The molecule has 0 radical (unpaired) electrons. The summed E-state index contributed by atoms with van der Waals surface area (Å²) in [5.74, 6) is 0.766. The number of rotatable bonds is 5. The van der Waals surface area contributed by atoms with Crippen molar-refractivity contribution in [2.45, 2.75) is 19.4 Å². The van der Waals surface area contributed by atoms with Crippen LogP contribution < -0.4 is 5.32 Å². The normalized spacial score (nSPS) is 17.7. The van der Waals surface area contributed by atoms with Crippen LogP contribution in [-0.2, 0) is 6.54 Å². The Morgan fingerprint density at radius 1 is 1.27 bits per heavy atom. The summed E-state index contributed by atoms with van der Waals surface area (Å²) in [6.07, 6.45) is 2.51. The van der Waals surface area contributed by atoms with E-state index in [1.54, 1.807) is 0 Å². The fourth-order valence-electron chi connectivity index (χ4n) is 1.64. The fourth-order valence-corrected chi connectivity index (χ4v) is 2.20. The van der Waals surface area contributed by atoms with Crippen LogP contribution in [0.25, 0.3) is 0 Å². The minimum atomic E-state index is 0.378. The van der Waals surface area contributed by atoms with Gasteiger partial charge in [0, 0.05) is 24.0 Å². The number of nitrogens with one attached hydrogen (secondary N) is 1. The molecule has 1 nitrogen and oxygen atoms in total. The second-order valence-electron chi connectivity index (χ2n) is 4.33. The van der Waals surface area contributed by atoms with Gasteiger partial charge in [0.1, 0.15) is 0 Å². The molecular weight excluding hydrogens is 229 g/mol. The highest BCUT2D eigenvalue weighted by Gasteiger charge is 2.41. The van der Waals surface area contributed by atoms with Crippen molar-refractivity contribution < 1.29 is 0 Å². The maximum Gasteiger partial charge on any atom is 0.0450 e. The van der Waals surface area contributed by atoms with Crippen molar-refractivity contribution in [2.75, 3.05) is 12.4 Å². The molecule has 0 bridgehead atoms. The van der Waals surface area contributed by atoms with Crippen LogP contribution in [0.2, 0.25) is 5.02 Å². The first kappa shape index (κ1) is 11.3. The molecule has 3 heteroatoms. The predicted molar refractivity (Wildman–Crippen MR) is 65.5 cm³/mol. The Balaban J connectivity index is 1.81. The molecule has 1 aliphatic rings. The SMILES string of the molecule is ClCC1(CNCc2ccccc2Cl)CC1. The second kappa shape index (κ2) is 4.73. The van der Waals surface area contributed by atoms with Crippen LogP contribution in [0.1, 0.15) is 18.4 Å². The maximum absolute atomic E-state index is 6.06. The van der Waals surface area contributed by atoms with Crippen molar-refractivity contribution in [3.05, 3.63) is 34.9 Å². The monoisotopic (exact) mass is 243 g/mol. The van der Waals surface area contributed by atoms with Crippen LogP contribution >= 0.6 is 23.2 Å². The largest absolute Gasteiger partial charge is 0.312 e. The van der Waals surface area contributed by atoms with E-state index in [0.717, 1.165) is 29.6 Å². The number of benzene rings is 1. The van der Waals surface area contributed by atoms with Gasteiger partial charge in [-0.25, -0.2) is 0 Å². The van der Waals surface area contributed by atoms with E-state index in [1.807, 2.05) is 18.2 Å². The highest BCUT2D eigenvalue weighted by atomic mass is 35.5. The highest BCUT2D eigenvalue weighted by Crippen LogP contribution is 2.45. The number of hydrogen-bond donors (Lipinski definition) is 1. The molecular formula is C12H15Cl2N. The van der Waals surface area contributed by atoms with E-state index >= 15 is 0 Å². The molecule has 15 heavy (non-hydrogen) atoms. The van der Waals surface area contributed by atoms with Crippen LogP contribution in [-0.4, -0.2) is 12.4 Å². The lowest BCUT2D eigenvalue weighted by molar-refractivity contribution is 0.505. The number of alkyl halides is 1. The first-order valence-corrected chi connectivity index (χ1v) is 6.17. The molecule has 82 valence electrons. The average Bonchev–Trinajstić information content (AvgIpc) is 3.02. The standard InChI is InChI=1S/C12H15Cl2N/c13-8-12(5-6-12)9-15-7-10-3-1-2-4-11(10)14/h1-4,15H,5-9H2. The Morgan fingerprint density at radius 3 is 2.60 bits per heavy atom. The van der Waals surface area contributed by atoms with Gasteiger partial charge in [-0.2, -0.15) is 0 Å². The minimum absolute atomic E-state index is 0.378. The molecule has 0 saturated heterocycles. The summed E-state index contributed by atoms with van der Waals surface area (Å²) in [6.45, 7) is 1.83. The Bertz CT molecular complexity index is 334. The van der Waals surface area contributed by atoms with Crippen molar-refractivity contribution in [3.63, 3.8) is 0 Å². The quantitative estimate of drug-likeness (QED) is 0.782. The lowest BCUT2D eigenvalue weighted by Gasteiger charge is -2.12. The van der Waals surface area contributed by atoms with E-state index in [0.29, 0.717) is 5.41 Å². The van der Waals surface area contributed by atoms with E-state index in [4.69, 9.17) is 23.2 Å². The van der Waals surface area contributed by atoms with Crippen molar-refractivity contribution in [1.82, 2.24) is 5.32 Å². The molecule has 0 aliphatic heterocycles. The molecule has 1 fully saturated rings. The van der Waals surface area contributed by atoms with Gasteiger partial charge in [-0.1, -0.05) is 29.8 Å². The molecule has 0 atom stereocenters. The molecule has 0 spiro atoms. The van der Waals surface area contributed by atoms with Gasteiger partial charge in [-0.15, -0.1) is 11.6 Å². The summed E-state index contributed by atoms with van der Waals surface area (Å²) in [5.41, 5.74) is 1.53. The van der Waals surface area contributed by atoms with Gasteiger partial charge in [0.05, 0.1) is 0 Å². The van der Waals surface area contributed by atoms with Gasteiger partial charge in [0.15, 0.2) is 0 Å². The summed E-state index contributed by atoms with van der Waals surface area (Å²) in [7, 11) is 0. The van der Waals surface area contributed by atoms with E-state index in [9.17, 15) is 0 Å². The molecule has 1 aliphatic carbocycles. The highest BCUT2D eigenvalue weighted by molar-refractivity contribution is 6.31. The second-order valence-corrected chi connectivity index (χ2v) is 5.00. The molecule has 1 saturated carbocycles. The van der Waals surface area contributed by atoms with E-state index in [1.165, 1.54) is 12.8 Å². The zero-order valence-corrected chi connectivity index (χ0v) is 10.1. The Hall–Kier alpha value is -0.240. The fraction of sp³-hybridized carbons (Fsp3) is 0.500. The van der Waals surface area contributed by atoms with Crippen LogP contribution in [0, 0.1) is 5.41 Å². The summed E-state index contributed by atoms with van der Waals surface area (Å²) in [4.78, 5) is 0. The zero-order chi connectivity index (χ0) is 10.7.